The minimum Gasteiger partial charge on any atom is -0.384 e. The number of thioether (sulfide) groups is 1. The zero-order chi connectivity index (χ0) is 15.1. The summed E-state index contributed by atoms with van der Waals surface area (Å²) in [7, 11) is 0. The van der Waals surface area contributed by atoms with Gasteiger partial charge in [-0.25, -0.2) is 0 Å². The van der Waals surface area contributed by atoms with E-state index in [0.717, 1.165) is 34.9 Å². The summed E-state index contributed by atoms with van der Waals surface area (Å²) in [6.45, 7) is 5.07. The molecule has 0 aliphatic heterocycles. The first-order chi connectivity index (χ1) is 10.3. The van der Waals surface area contributed by atoms with Crippen LogP contribution in [0, 0.1) is 18.3 Å². The van der Waals surface area contributed by atoms with Crippen LogP contribution in [0.4, 0.5) is 5.69 Å². The number of benzene rings is 2. The first-order valence-electron chi connectivity index (χ1n) is 7.20. The van der Waals surface area contributed by atoms with Crippen molar-refractivity contribution in [2.75, 3.05) is 17.6 Å². The summed E-state index contributed by atoms with van der Waals surface area (Å²) in [5.41, 5.74) is 4.36. The minimum atomic E-state index is 0.758. The molecule has 0 fully saturated rings. The molecular weight excluding hydrogens is 276 g/mol. The molecule has 0 aromatic heterocycles. The number of rotatable bonds is 6. The van der Waals surface area contributed by atoms with E-state index in [1.54, 1.807) is 11.8 Å². The summed E-state index contributed by atoms with van der Waals surface area (Å²) >= 11 is 1.71. The molecule has 0 spiro atoms. The van der Waals surface area contributed by atoms with Crippen molar-refractivity contribution in [2.45, 2.75) is 25.2 Å². The molecule has 0 radical (unpaired) electrons. The van der Waals surface area contributed by atoms with Crippen LogP contribution < -0.4 is 5.32 Å². The van der Waals surface area contributed by atoms with Crippen molar-refractivity contribution in [1.29, 1.82) is 5.26 Å². The van der Waals surface area contributed by atoms with Gasteiger partial charge in [-0.1, -0.05) is 37.3 Å². The Morgan fingerprint density at radius 1 is 1.14 bits per heavy atom. The molecular formula is C18H20N2S. The lowest BCUT2D eigenvalue weighted by atomic mass is 10.1. The third-order valence-electron chi connectivity index (χ3n) is 3.41. The summed E-state index contributed by atoms with van der Waals surface area (Å²) in [5.74, 6) is 0.974. The van der Waals surface area contributed by atoms with Crippen LogP contribution in [-0.4, -0.2) is 12.3 Å². The molecule has 2 aromatic carbocycles. The standard InChI is InChI=1S/C18H20N2S/c1-3-21-18-10-6-9-17(16(18)13-19)20-12-11-15-8-5-4-7-14(15)2/h4-10,20H,3,11-12H2,1-2H3. The number of nitrogens with one attached hydrogen (secondary N) is 1. The Balaban J connectivity index is 2.05. The van der Waals surface area contributed by atoms with E-state index >= 15 is 0 Å². The number of anilines is 1. The SMILES string of the molecule is CCSc1cccc(NCCc2ccccc2C)c1C#N. The Morgan fingerprint density at radius 3 is 2.67 bits per heavy atom. The van der Waals surface area contributed by atoms with Gasteiger partial charge in [0.25, 0.3) is 0 Å². The number of nitrogens with zero attached hydrogens (tertiary/aromatic N) is 1. The van der Waals surface area contributed by atoms with Crippen molar-refractivity contribution in [2.24, 2.45) is 0 Å². The smallest absolute Gasteiger partial charge is 0.102 e. The fourth-order valence-corrected chi connectivity index (χ4v) is 3.08. The fourth-order valence-electron chi connectivity index (χ4n) is 2.29. The monoisotopic (exact) mass is 296 g/mol. The first kappa shape index (κ1) is 15.5. The van der Waals surface area contributed by atoms with Gasteiger partial charge in [-0.2, -0.15) is 5.26 Å². The van der Waals surface area contributed by atoms with Gasteiger partial charge in [-0.3, -0.25) is 0 Å². The number of hydrogen-bond acceptors (Lipinski definition) is 3. The lowest BCUT2D eigenvalue weighted by Gasteiger charge is -2.12. The second-order valence-corrected chi connectivity index (χ2v) is 6.13. The zero-order valence-corrected chi connectivity index (χ0v) is 13.3. The van der Waals surface area contributed by atoms with Gasteiger partial charge in [0.15, 0.2) is 0 Å². The second kappa shape index (κ2) is 7.75. The van der Waals surface area contributed by atoms with E-state index in [1.807, 2.05) is 18.2 Å². The van der Waals surface area contributed by atoms with Crippen LogP contribution in [0.15, 0.2) is 47.4 Å². The molecule has 1 N–H and O–H groups in total. The molecule has 0 heterocycles. The molecule has 2 rings (SSSR count). The highest BCUT2D eigenvalue weighted by atomic mass is 32.2. The third-order valence-corrected chi connectivity index (χ3v) is 4.35. The maximum atomic E-state index is 9.38. The van der Waals surface area contributed by atoms with Crippen molar-refractivity contribution in [3.63, 3.8) is 0 Å². The summed E-state index contributed by atoms with van der Waals surface area (Å²) in [6, 6.07) is 16.8. The molecule has 0 atom stereocenters. The molecule has 21 heavy (non-hydrogen) atoms. The average Bonchev–Trinajstić information content (AvgIpc) is 2.50. The Kier molecular flexibility index (Phi) is 5.71. The molecule has 2 aromatic rings. The fraction of sp³-hybridized carbons (Fsp3) is 0.278. The van der Waals surface area contributed by atoms with Gasteiger partial charge in [-0.05, 0) is 42.4 Å². The average molecular weight is 296 g/mol. The maximum Gasteiger partial charge on any atom is 0.102 e. The second-order valence-electron chi connectivity index (χ2n) is 4.83. The molecule has 0 saturated heterocycles. The maximum absolute atomic E-state index is 9.38. The Morgan fingerprint density at radius 2 is 1.95 bits per heavy atom. The van der Waals surface area contributed by atoms with E-state index in [0.29, 0.717) is 0 Å². The van der Waals surface area contributed by atoms with Crippen molar-refractivity contribution < 1.29 is 0 Å². The molecule has 108 valence electrons. The van der Waals surface area contributed by atoms with Gasteiger partial charge in [0.2, 0.25) is 0 Å². The number of hydrogen-bond donors (Lipinski definition) is 1. The van der Waals surface area contributed by atoms with Gasteiger partial charge in [-0.15, -0.1) is 11.8 Å². The first-order valence-corrected chi connectivity index (χ1v) is 8.19. The van der Waals surface area contributed by atoms with E-state index in [1.165, 1.54) is 11.1 Å². The predicted molar refractivity (Wildman–Crippen MR) is 90.9 cm³/mol. The third kappa shape index (κ3) is 4.03. The van der Waals surface area contributed by atoms with Crippen LogP contribution in [-0.2, 0) is 6.42 Å². The molecule has 0 amide bonds. The van der Waals surface area contributed by atoms with Crippen LogP contribution in [0.1, 0.15) is 23.6 Å². The van der Waals surface area contributed by atoms with E-state index in [-0.39, 0.29) is 0 Å². The number of nitriles is 1. The highest BCUT2D eigenvalue weighted by molar-refractivity contribution is 7.99. The lowest BCUT2D eigenvalue weighted by Crippen LogP contribution is -2.07. The molecule has 0 bridgehead atoms. The summed E-state index contributed by atoms with van der Waals surface area (Å²) in [4.78, 5) is 1.06. The highest BCUT2D eigenvalue weighted by Crippen LogP contribution is 2.27. The van der Waals surface area contributed by atoms with Crippen LogP contribution in [0.2, 0.25) is 0 Å². The Bertz CT molecular complexity index is 644. The van der Waals surface area contributed by atoms with E-state index < -0.39 is 0 Å². The molecule has 0 saturated carbocycles. The van der Waals surface area contributed by atoms with Crippen LogP contribution >= 0.6 is 11.8 Å². The molecule has 2 nitrogen and oxygen atoms in total. The van der Waals surface area contributed by atoms with Gasteiger partial charge in [0, 0.05) is 11.4 Å². The minimum absolute atomic E-state index is 0.758. The molecule has 0 unspecified atom stereocenters. The van der Waals surface area contributed by atoms with Crippen LogP contribution in [0.25, 0.3) is 0 Å². The van der Waals surface area contributed by atoms with Gasteiger partial charge < -0.3 is 5.32 Å². The summed E-state index contributed by atoms with van der Waals surface area (Å²) < 4.78 is 0. The zero-order valence-electron chi connectivity index (χ0n) is 12.5. The predicted octanol–water partition coefficient (Wildman–Crippen LogP) is 4.63. The van der Waals surface area contributed by atoms with Crippen molar-refractivity contribution in [1.82, 2.24) is 0 Å². The van der Waals surface area contributed by atoms with Crippen molar-refractivity contribution in [3.8, 4) is 6.07 Å². The molecule has 0 aliphatic rings. The van der Waals surface area contributed by atoms with E-state index in [2.05, 4.69) is 49.5 Å². The largest absolute Gasteiger partial charge is 0.384 e. The van der Waals surface area contributed by atoms with E-state index in [4.69, 9.17) is 0 Å². The van der Waals surface area contributed by atoms with E-state index in [9.17, 15) is 5.26 Å². The topological polar surface area (TPSA) is 35.8 Å². The summed E-state index contributed by atoms with van der Waals surface area (Å²) in [6.07, 6.45) is 0.961. The normalized spacial score (nSPS) is 10.1. The highest BCUT2D eigenvalue weighted by Gasteiger charge is 2.07. The Hall–Kier alpha value is -1.92. The van der Waals surface area contributed by atoms with Crippen molar-refractivity contribution >= 4 is 17.4 Å². The van der Waals surface area contributed by atoms with Gasteiger partial charge in [0.05, 0.1) is 11.3 Å². The molecule has 3 heteroatoms. The number of aryl methyl sites for hydroxylation is 1. The van der Waals surface area contributed by atoms with Crippen molar-refractivity contribution in [3.05, 3.63) is 59.2 Å². The van der Waals surface area contributed by atoms with Crippen LogP contribution in [0.3, 0.4) is 0 Å². The van der Waals surface area contributed by atoms with Gasteiger partial charge in [0.1, 0.15) is 6.07 Å². The van der Waals surface area contributed by atoms with Gasteiger partial charge >= 0.3 is 0 Å². The lowest BCUT2D eigenvalue weighted by molar-refractivity contribution is 1.00. The Labute approximate surface area is 131 Å². The summed E-state index contributed by atoms with van der Waals surface area (Å²) in [5, 5.41) is 12.8. The van der Waals surface area contributed by atoms with Crippen LogP contribution in [0.5, 0.6) is 0 Å². The molecule has 0 aliphatic carbocycles. The quantitative estimate of drug-likeness (QED) is 0.789.